The van der Waals surface area contributed by atoms with Crippen LogP contribution in [0.4, 0.5) is 0 Å². The van der Waals surface area contributed by atoms with Crippen LogP contribution in [0.25, 0.3) is 0 Å². The lowest BCUT2D eigenvalue weighted by Gasteiger charge is -2.19. The standard InChI is InChI=1S/C11H14O7/c12-2-1-6(13)10(16)9-7(14)3-5(11(17)18)4-8(9)15/h3-4,6,10,12-16H,1-2H2,(H,17,18). The number of phenols is 2. The summed E-state index contributed by atoms with van der Waals surface area (Å²) in [6, 6.07) is 1.71. The quantitative estimate of drug-likeness (QED) is 0.421. The molecule has 0 aliphatic rings. The van der Waals surface area contributed by atoms with Gasteiger partial charge in [0.05, 0.1) is 17.2 Å². The molecule has 100 valence electrons. The van der Waals surface area contributed by atoms with Gasteiger partial charge >= 0.3 is 5.97 Å². The van der Waals surface area contributed by atoms with Crippen molar-refractivity contribution in [2.45, 2.75) is 18.6 Å². The predicted octanol–water partition coefficient (Wildman–Crippen LogP) is -0.427. The number of aliphatic hydroxyl groups is 3. The van der Waals surface area contributed by atoms with Crippen LogP contribution in [0.5, 0.6) is 11.5 Å². The Morgan fingerprint density at radius 2 is 1.67 bits per heavy atom. The van der Waals surface area contributed by atoms with Gasteiger partial charge in [0, 0.05) is 6.61 Å². The highest BCUT2D eigenvalue weighted by atomic mass is 16.4. The number of carboxylic acid groups (broad SMARTS) is 1. The molecule has 1 rings (SSSR count). The normalized spacial score (nSPS) is 14.2. The fourth-order valence-corrected chi connectivity index (χ4v) is 1.53. The zero-order chi connectivity index (χ0) is 13.9. The van der Waals surface area contributed by atoms with Gasteiger partial charge in [-0.1, -0.05) is 0 Å². The molecule has 2 atom stereocenters. The molecule has 0 amide bonds. The number of aliphatic hydroxyl groups excluding tert-OH is 3. The number of aromatic hydroxyl groups is 2. The molecule has 18 heavy (non-hydrogen) atoms. The third kappa shape index (κ3) is 2.89. The molecule has 0 saturated carbocycles. The topological polar surface area (TPSA) is 138 Å². The first kappa shape index (κ1) is 14.2. The zero-order valence-corrected chi connectivity index (χ0v) is 9.32. The van der Waals surface area contributed by atoms with Gasteiger partial charge in [-0.2, -0.15) is 0 Å². The fraction of sp³-hybridized carbons (Fsp3) is 0.364. The number of benzene rings is 1. The minimum Gasteiger partial charge on any atom is -0.507 e. The molecule has 0 spiro atoms. The summed E-state index contributed by atoms with van der Waals surface area (Å²) in [6.45, 7) is -0.382. The van der Waals surface area contributed by atoms with Gasteiger partial charge in [-0.05, 0) is 18.6 Å². The SMILES string of the molecule is O=C(O)c1cc(O)c(C(O)C(O)CCO)c(O)c1. The van der Waals surface area contributed by atoms with Gasteiger partial charge in [-0.3, -0.25) is 0 Å². The van der Waals surface area contributed by atoms with Gasteiger partial charge in [-0.25, -0.2) is 4.79 Å². The number of hydrogen-bond acceptors (Lipinski definition) is 6. The van der Waals surface area contributed by atoms with Gasteiger partial charge in [0.1, 0.15) is 17.6 Å². The van der Waals surface area contributed by atoms with Gasteiger partial charge in [0.2, 0.25) is 0 Å². The van der Waals surface area contributed by atoms with Crippen LogP contribution in [0.3, 0.4) is 0 Å². The van der Waals surface area contributed by atoms with E-state index in [2.05, 4.69) is 0 Å². The van der Waals surface area contributed by atoms with Crippen LogP contribution >= 0.6 is 0 Å². The van der Waals surface area contributed by atoms with Crippen molar-refractivity contribution < 1.29 is 35.4 Å². The van der Waals surface area contributed by atoms with Gasteiger partial charge in [0.25, 0.3) is 0 Å². The second kappa shape index (κ2) is 5.67. The van der Waals surface area contributed by atoms with Crippen LogP contribution in [-0.4, -0.2) is 49.3 Å². The van der Waals surface area contributed by atoms with Gasteiger partial charge < -0.3 is 30.6 Å². The lowest BCUT2D eigenvalue weighted by Crippen LogP contribution is -2.20. The first-order valence-electron chi connectivity index (χ1n) is 5.14. The van der Waals surface area contributed by atoms with E-state index in [1.807, 2.05) is 0 Å². The van der Waals surface area contributed by atoms with Crippen LogP contribution < -0.4 is 0 Å². The number of rotatable bonds is 5. The summed E-state index contributed by atoms with van der Waals surface area (Å²) in [5.41, 5.74) is -0.724. The lowest BCUT2D eigenvalue weighted by atomic mass is 9.98. The molecular weight excluding hydrogens is 244 g/mol. The van der Waals surface area contributed by atoms with E-state index in [0.29, 0.717) is 0 Å². The molecule has 0 heterocycles. The molecule has 0 radical (unpaired) electrons. The van der Waals surface area contributed by atoms with Crippen LogP contribution in [0.15, 0.2) is 12.1 Å². The van der Waals surface area contributed by atoms with E-state index in [9.17, 15) is 25.2 Å². The van der Waals surface area contributed by atoms with Crippen molar-refractivity contribution in [2.24, 2.45) is 0 Å². The van der Waals surface area contributed by atoms with Gasteiger partial charge in [0.15, 0.2) is 0 Å². The van der Waals surface area contributed by atoms with Crippen molar-refractivity contribution >= 4 is 5.97 Å². The molecular formula is C11H14O7. The Hall–Kier alpha value is -1.83. The highest BCUT2D eigenvalue weighted by molar-refractivity contribution is 5.89. The van der Waals surface area contributed by atoms with Gasteiger partial charge in [-0.15, -0.1) is 0 Å². The number of phenolic OH excluding ortho intramolecular Hbond substituents is 2. The van der Waals surface area contributed by atoms with E-state index in [4.69, 9.17) is 10.2 Å². The maximum absolute atomic E-state index is 10.7. The summed E-state index contributed by atoms with van der Waals surface area (Å²) in [5.74, 6) is -2.63. The van der Waals surface area contributed by atoms with E-state index in [0.717, 1.165) is 12.1 Å². The molecule has 7 nitrogen and oxygen atoms in total. The van der Waals surface area contributed by atoms with Crippen LogP contribution in [0, 0.1) is 0 Å². The summed E-state index contributed by atoms with van der Waals surface area (Å²) in [5, 5.41) is 55.5. The van der Waals surface area contributed by atoms with Crippen molar-refractivity contribution in [2.75, 3.05) is 6.61 Å². The summed E-state index contributed by atoms with van der Waals surface area (Å²) >= 11 is 0. The summed E-state index contributed by atoms with van der Waals surface area (Å²) < 4.78 is 0. The van der Waals surface area contributed by atoms with E-state index < -0.39 is 29.7 Å². The summed E-state index contributed by atoms with van der Waals surface area (Å²) in [4.78, 5) is 10.7. The number of carbonyl (C=O) groups is 1. The molecule has 0 saturated heterocycles. The first-order valence-corrected chi connectivity index (χ1v) is 5.14. The minimum atomic E-state index is -1.63. The predicted molar refractivity (Wildman–Crippen MR) is 59.4 cm³/mol. The van der Waals surface area contributed by atoms with Crippen LogP contribution in [0.1, 0.15) is 28.4 Å². The molecule has 0 bridgehead atoms. The molecule has 0 aromatic heterocycles. The zero-order valence-electron chi connectivity index (χ0n) is 9.32. The highest BCUT2D eigenvalue weighted by Gasteiger charge is 2.25. The first-order chi connectivity index (χ1) is 8.38. The van der Waals surface area contributed by atoms with E-state index in [-0.39, 0.29) is 24.2 Å². The molecule has 0 aliphatic heterocycles. The monoisotopic (exact) mass is 258 g/mol. The molecule has 1 aromatic rings. The number of aromatic carboxylic acids is 1. The van der Waals surface area contributed by atoms with Crippen molar-refractivity contribution in [1.29, 1.82) is 0 Å². The molecule has 0 aliphatic carbocycles. The van der Waals surface area contributed by atoms with Crippen molar-refractivity contribution in [3.05, 3.63) is 23.3 Å². The maximum Gasteiger partial charge on any atom is 0.335 e. The number of hydrogen-bond donors (Lipinski definition) is 6. The largest absolute Gasteiger partial charge is 0.507 e. The Morgan fingerprint density at radius 1 is 1.17 bits per heavy atom. The Kier molecular flexibility index (Phi) is 4.49. The lowest BCUT2D eigenvalue weighted by molar-refractivity contribution is 0.00182. The third-order valence-electron chi connectivity index (χ3n) is 2.47. The molecule has 1 aromatic carbocycles. The van der Waals surface area contributed by atoms with Crippen LogP contribution in [0.2, 0.25) is 0 Å². The minimum absolute atomic E-state index is 0.152. The molecule has 0 fully saturated rings. The Bertz CT molecular complexity index is 420. The van der Waals surface area contributed by atoms with Crippen molar-refractivity contribution in [3.8, 4) is 11.5 Å². The van der Waals surface area contributed by atoms with Crippen molar-refractivity contribution in [1.82, 2.24) is 0 Å². The van der Waals surface area contributed by atoms with E-state index >= 15 is 0 Å². The Morgan fingerprint density at radius 3 is 2.06 bits per heavy atom. The van der Waals surface area contributed by atoms with E-state index in [1.54, 1.807) is 0 Å². The van der Waals surface area contributed by atoms with Crippen LogP contribution in [-0.2, 0) is 0 Å². The molecule has 6 N–H and O–H groups in total. The smallest absolute Gasteiger partial charge is 0.335 e. The average molecular weight is 258 g/mol. The average Bonchev–Trinajstić information content (AvgIpc) is 2.27. The van der Waals surface area contributed by atoms with Crippen molar-refractivity contribution in [3.63, 3.8) is 0 Å². The Labute approximate surface area is 102 Å². The maximum atomic E-state index is 10.7. The Balaban J connectivity index is 3.13. The summed E-state index contributed by atoms with van der Waals surface area (Å²) in [6.07, 6.45) is -3.16. The van der Waals surface area contributed by atoms with E-state index in [1.165, 1.54) is 0 Å². The highest BCUT2D eigenvalue weighted by Crippen LogP contribution is 2.36. The third-order valence-corrected chi connectivity index (χ3v) is 2.47. The summed E-state index contributed by atoms with van der Waals surface area (Å²) in [7, 11) is 0. The number of carboxylic acids is 1. The molecule has 7 heteroatoms. The second-order valence-electron chi connectivity index (χ2n) is 3.76. The second-order valence-corrected chi connectivity index (χ2v) is 3.76. The fourth-order valence-electron chi connectivity index (χ4n) is 1.53. The molecule has 2 unspecified atom stereocenters.